The summed E-state index contributed by atoms with van der Waals surface area (Å²) in [6.45, 7) is 5.00. The molecule has 2 aromatic rings. The highest BCUT2D eigenvalue weighted by Gasteiger charge is 2.24. The lowest BCUT2D eigenvalue weighted by molar-refractivity contribution is -0.379. The standard InChI is InChI=1S/C11H11N3O3S/c1-5-4-6(2)12-10-8(5)9(13-7(3)15)11(18-10)14(16)17/h4H,1-3H3,(H,13,15). The normalized spacial score (nSPS) is 10.6. The fourth-order valence-electron chi connectivity index (χ4n) is 1.85. The minimum absolute atomic E-state index is 0.0820. The molecule has 0 aromatic carbocycles. The van der Waals surface area contributed by atoms with E-state index in [1.54, 1.807) is 0 Å². The molecule has 0 aliphatic rings. The predicted octanol–water partition coefficient (Wildman–Crippen LogP) is 2.78. The number of fused-ring (bicyclic) bond motifs is 1. The van der Waals surface area contributed by atoms with Gasteiger partial charge in [-0.2, -0.15) is 0 Å². The number of carbonyl (C=O) groups excluding carboxylic acids is 1. The lowest BCUT2D eigenvalue weighted by Gasteiger charge is -2.02. The molecule has 0 radical (unpaired) electrons. The minimum atomic E-state index is -0.494. The van der Waals surface area contributed by atoms with Gasteiger partial charge < -0.3 is 5.32 Å². The van der Waals surface area contributed by atoms with Crippen LogP contribution in [0.4, 0.5) is 10.7 Å². The van der Waals surface area contributed by atoms with E-state index in [4.69, 9.17) is 0 Å². The summed E-state index contributed by atoms with van der Waals surface area (Å²) in [5, 5.41) is 14.1. The molecule has 0 atom stereocenters. The predicted molar refractivity (Wildman–Crippen MR) is 70.1 cm³/mol. The third-order valence-corrected chi connectivity index (χ3v) is 3.47. The largest absolute Gasteiger partial charge is 0.350 e. The molecule has 0 bridgehead atoms. The smallest absolute Gasteiger partial charge is 0.319 e. The van der Waals surface area contributed by atoms with Crippen LogP contribution in [-0.4, -0.2) is 15.8 Å². The number of nitrogens with zero attached hydrogens (tertiary/aromatic N) is 2. The summed E-state index contributed by atoms with van der Waals surface area (Å²) in [5.74, 6) is -0.335. The van der Waals surface area contributed by atoms with Gasteiger partial charge in [-0.1, -0.05) is 0 Å². The molecule has 0 fully saturated rings. The van der Waals surface area contributed by atoms with E-state index in [1.165, 1.54) is 6.92 Å². The van der Waals surface area contributed by atoms with Crippen LogP contribution >= 0.6 is 11.3 Å². The molecule has 6 nitrogen and oxygen atoms in total. The highest BCUT2D eigenvalue weighted by atomic mass is 32.1. The molecular formula is C11H11N3O3S. The Morgan fingerprint density at radius 2 is 2.17 bits per heavy atom. The number of nitro groups is 1. The van der Waals surface area contributed by atoms with Gasteiger partial charge in [0.1, 0.15) is 10.5 Å². The van der Waals surface area contributed by atoms with E-state index in [2.05, 4.69) is 10.3 Å². The van der Waals surface area contributed by atoms with Crippen LogP contribution in [0.5, 0.6) is 0 Å². The molecule has 2 heterocycles. The van der Waals surface area contributed by atoms with Crippen molar-refractivity contribution in [1.29, 1.82) is 0 Å². The molecular weight excluding hydrogens is 254 g/mol. The monoisotopic (exact) mass is 265 g/mol. The van der Waals surface area contributed by atoms with Gasteiger partial charge in [0.25, 0.3) is 0 Å². The highest BCUT2D eigenvalue weighted by molar-refractivity contribution is 7.22. The Bertz CT molecular complexity index is 663. The van der Waals surface area contributed by atoms with Crippen molar-refractivity contribution in [2.45, 2.75) is 20.8 Å². The fraction of sp³-hybridized carbons (Fsp3) is 0.273. The first kappa shape index (κ1) is 12.4. The number of rotatable bonds is 2. The van der Waals surface area contributed by atoms with Crippen molar-refractivity contribution < 1.29 is 9.72 Å². The summed E-state index contributed by atoms with van der Waals surface area (Å²) in [4.78, 5) is 26.5. The molecule has 2 aromatic heterocycles. The van der Waals surface area contributed by atoms with E-state index in [-0.39, 0.29) is 16.6 Å². The van der Waals surface area contributed by atoms with Gasteiger partial charge in [0.15, 0.2) is 0 Å². The third kappa shape index (κ3) is 2.04. The summed E-state index contributed by atoms with van der Waals surface area (Å²) in [6.07, 6.45) is 0. The lowest BCUT2D eigenvalue weighted by Crippen LogP contribution is -2.07. The Morgan fingerprint density at radius 3 is 2.72 bits per heavy atom. The van der Waals surface area contributed by atoms with Gasteiger partial charge in [-0.15, -0.1) is 0 Å². The van der Waals surface area contributed by atoms with Crippen molar-refractivity contribution in [3.05, 3.63) is 27.4 Å². The van der Waals surface area contributed by atoms with E-state index in [0.717, 1.165) is 22.6 Å². The van der Waals surface area contributed by atoms with Crippen LogP contribution in [0.3, 0.4) is 0 Å². The average molecular weight is 265 g/mol. The summed E-state index contributed by atoms with van der Waals surface area (Å²) in [7, 11) is 0. The van der Waals surface area contributed by atoms with Gasteiger partial charge in [-0.3, -0.25) is 14.9 Å². The van der Waals surface area contributed by atoms with Crippen LogP contribution in [0.25, 0.3) is 10.2 Å². The van der Waals surface area contributed by atoms with Gasteiger partial charge in [0.2, 0.25) is 5.91 Å². The number of pyridine rings is 1. The first-order valence-corrected chi connectivity index (χ1v) is 6.04. The average Bonchev–Trinajstić information content (AvgIpc) is 2.55. The maximum absolute atomic E-state index is 11.2. The van der Waals surface area contributed by atoms with Crippen molar-refractivity contribution in [3.63, 3.8) is 0 Å². The second-order valence-corrected chi connectivity index (χ2v) is 4.96. The van der Waals surface area contributed by atoms with E-state index >= 15 is 0 Å². The Morgan fingerprint density at radius 1 is 1.50 bits per heavy atom. The molecule has 0 unspecified atom stereocenters. The Balaban J connectivity index is 2.80. The third-order valence-electron chi connectivity index (χ3n) is 2.44. The van der Waals surface area contributed by atoms with E-state index in [9.17, 15) is 14.9 Å². The lowest BCUT2D eigenvalue weighted by atomic mass is 10.1. The number of anilines is 1. The number of thiophene rings is 1. The topological polar surface area (TPSA) is 85.1 Å². The molecule has 2 rings (SSSR count). The molecule has 0 saturated carbocycles. The van der Waals surface area contributed by atoms with Crippen LogP contribution in [0, 0.1) is 24.0 Å². The van der Waals surface area contributed by atoms with Crippen molar-refractivity contribution >= 4 is 38.1 Å². The van der Waals surface area contributed by atoms with Crippen molar-refractivity contribution in [1.82, 2.24) is 4.98 Å². The molecule has 0 aliphatic heterocycles. The van der Waals surface area contributed by atoms with Gasteiger partial charge >= 0.3 is 5.00 Å². The zero-order valence-electron chi connectivity index (χ0n) is 10.1. The quantitative estimate of drug-likeness (QED) is 0.668. The minimum Gasteiger partial charge on any atom is -0.319 e. The second-order valence-electron chi connectivity index (χ2n) is 3.98. The van der Waals surface area contributed by atoms with E-state index in [0.29, 0.717) is 10.2 Å². The highest BCUT2D eigenvalue weighted by Crippen LogP contribution is 2.42. The Labute approximate surface area is 107 Å². The molecule has 94 valence electrons. The molecule has 18 heavy (non-hydrogen) atoms. The molecule has 0 aliphatic carbocycles. The molecule has 1 N–H and O–H groups in total. The number of hydrogen-bond donors (Lipinski definition) is 1. The number of hydrogen-bond acceptors (Lipinski definition) is 5. The van der Waals surface area contributed by atoms with Gasteiger partial charge in [0, 0.05) is 18.0 Å². The SMILES string of the molecule is CC(=O)Nc1c([N+](=O)[O-])sc2nc(C)cc(C)c12. The van der Waals surface area contributed by atoms with E-state index < -0.39 is 4.92 Å². The number of aryl methyl sites for hydroxylation is 2. The maximum Gasteiger partial charge on any atom is 0.350 e. The van der Waals surface area contributed by atoms with Gasteiger partial charge in [-0.25, -0.2) is 4.98 Å². The van der Waals surface area contributed by atoms with Crippen LogP contribution in [0.15, 0.2) is 6.07 Å². The summed E-state index contributed by atoms with van der Waals surface area (Å²) < 4.78 is 0. The number of nitrogens with one attached hydrogen (secondary N) is 1. The summed E-state index contributed by atoms with van der Waals surface area (Å²) in [5.41, 5.74) is 1.91. The number of aromatic nitrogens is 1. The van der Waals surface area contributed by atoms with Crippen molar-refractivity contribution in [3.8, 4) is 0 Å². The second kappa shape index (κ2) is 4.34. The van der Waals surface area contributed by atoms with Crippen LogP contribution < -0.4 is 5.32 Å². The van der Waals surface area contributed by atoms with Crippen molar-refractivity contribution in [2.75, 3.05) is 5.32 Å². The summed E-state index contributed by atoms with van der Waals surface area (Å²) >= 11 is 0.977. The molecule has 0 spiro atoms. The zero-order valence-corrected chi connectivity index (χ0v) is 10.9. The molecule has 0 saturated heterocycles. The maximum atomic E-state index is 11.2. The van der Waals surface area contributed by atoms with Crippen LogP contribution in [0.1, 0.15) is 18.2 Å². The van der Waals surface area contributed by atoms with Crippen molar-refractivity contribution in [2.24, 2.45) is 0 Å². The zero-order chi connectivity index (χ0) is 13.4. The van der Waals surface area contributed by atoms with Crippen LogP contribution in [-0.2, 0) is 4.79 Å². The van der Waals surface area contributed by atoms with Gasteiger partial charge in [-0.05, 0) is 36.8 Å². The first-order chi connectivity index (χ1) is 8.40. The molecule has 1 amide bonds. The van der Waals surface area contributed by atoms with E-state index in [1.807, 2.05) is 19.9 Å². The Kier molecular flexibility index (Phi) is 3.00. The number of carbonyl (C=O) groups is 1. The van der Waals surface area contributed by atoms with Gasteiger partial charge in [0.05, 0.1) is 4.92 Å². The molecule has 7 heteroatoms. The first-order valence-electron chi connectivity index (χ1n) is 5.23. The number of amides is 1. The Hall–Kier alpha value is -2.02. The van der Waals surface area contributed by atoms with Crippen LogP contribution in [0.2, 0.25) is 0 Å². The summed E-state index contributed by atoms with van der Waals surface area (Å²) in [6, 6.07) is 1.84. The fourth-order valence-corrected chi connectivity index (χ4v) is 2.92.